The summed E-state index contributed by atoms with van der Waals surface area (Å²) >= 11 is 0. The molecule has 0 atom stereocenters. The predicted octanol–water partition coefficient (Wildman–Crippen LogP) is 2.50. The molecular formula is C9H25BN2. The molecule has 0 bridgehead atoms. The lowest BCUT2D eigenvalue weighted by molar-refractivity contribution is 0.421. The first-order chi connectivity index (χ1) is 5.80. The van der Waals surface area contributed by atoms with Crippen molar-refractivity contribution in [2.45, 2.75) is 47.8 Å². The predicted molar refractivity (Wildman–Crippen MR) is 59.5 cm³/mol. The van der Waals surface area contributed by atoms with Gasteiger partial charge in [-0.05, 0) is 6.42 Å². The van der Waals surface area contributed by atoms with Crippen LogP contribution >= 0.6 is 0 Å². The molecule has 1 aliphatic rings. The zero-order valence-electron chi connectivity index (χ0n) is 9.65. The van der Waals surface area contributed by atoms with Crippen LogP contribution in [0.1, 0.15) is 34.1 Å². The molecule has 0 aromatic rings. The molecule has 0 spiro atoms. The Morgan fingerprint density at radius 2 is 1.58 bits per heavy atom. The first-order valence-corrected chi connectivity index (χ1v) is 5.31. The van der Waals surface area contributed by atoms with E-state index in [-0.39, 0.29) is 0 Å². The molecule has 0 saturated carbocycles. The van der Waals surface area contributed by atoms with Crippen LogP contribution in [-0.4, -0.2) is 24.9 Å². The average molecular weight is 172 g/mol. The summed E-state index contributed by atoms with van der Waals surface area (Å²) in [6.45, 7) is 15.5. The van der Waals surface area contributed by atoms with Crippen molar-refractivity contribution < 1.29 is 0 Å². The minimum atomic E-state index is 0.664. The van der Waals surface area contributed by atoms with E-state index in [1.54, 1.807) is 0 Å². The number of hydrogen-bond donors (Lipinski definition) is 1. The van der Waals surface area contributed by atoms with Crippen LogP contribution in [0.2, 0.25) is 13.6 Å². The molecule has 0 aromatic heterocycles. The van der Waals surface area contributed by atoms with Crippen molar-refractivity contribution in [3.05, 3.63) is 0 Å². The van der Waals surface area contributed by atoms with Crippen molar-refractivity contribution in [3.8, 4) is 0 Å². The summed E-state index contributed by atoms with van der Waals surface area (Å²) in [4.78, 5) is 2.28. The molecule has 1 fully saturated rings. The van der Waals surface area contributed by atoms with E-state index in [0.29, 0.717) is 6.85 Å². The lowest BCUT2D eigenvalue weighted by Gasteiger charge is -2.16. The normalized spacial score (nSPS) is 15.5. The number of nitrogens with zero attached hydrogens (tertiary/aromatic N) is 1. The molecular weight excluding hydrogens is 147 g/mol. The standard InChI is InChI=1S/C5H13BN2.2C2H6/c1-6(2)8-5-3-4-7-8;2*1-2/h7H,3-5H2,1-2H3;2*1-2H3. The molecule has 1 aliphatic heterocycles. The van der Waals surface area contributed by atoms with Crippen molar-refractivity contribution in [2.75, 3.05) is 13.1 Å². The van der Waals surface area contributed by atoms with Gasteiger partial charge in [0.15, 0.2) is 0 Å². The third kappa shape index (κ3) is 6.68. The van der Waals surface area contributed by atoms with Crippen LogP contribution in [0.3, 0.4) is 0 Å². The summed E-state index contributed by atoms with van der Waals surface area (Å²) in [5.74, 6) is 0. The molecule has 1 saturated heterocycles. The fourth-order valence-electron chi connectivity index (χ4n) is 0.992. The fraction of sp³-hybridized carbons (Fsp3) is 1.00. The zero-order chi connectivity index (χ0) is 9.98. The Hall–Kier alpha value is -0.0151. The van der Waals surface area contributed by atoms with Gasteiger partial charge < -0.3 is 0 Å². The monoisotopic (exact) mass is 172 g/mol. The highest BCUT2D eigenvalue weighted by Gasteiger charge is 2.15. The van der Waals surface area contributed by atoms with E-state index < -0.39 is 0 Å². The van der Waals surface area contributed by atoms with E-state index in [1.165, 1.54) is 13.0 Å². The summed E-state index contributed by atoms with van der Waals surface area (Å²) < 4.78 is 0. The number of nitrogens with one attached hydrogen (secondary N) is 1. The Bertz CT molecular complexity index is 70.9. The molecule has 12 heavy (non-hydrogen) atoms. The number of hydrazine groups is 1. The smallest absolute Gasteiger partial charge is 0.234 e. The molecule has 1 rings (SSSR count). The van der Waals surface area contributed by atoms with E-state index in [1.807, 2.05) is 27.7 Å². The Morgan fingerprint density at radius 3 is 1.75 bits per heavy atom. The minimum Gasteiger partial charge on any atom is -0.284 e. The van der Waals surface area contributed by atoms with Crippen LogP contribution < -0.4 is 5.43 Å². The molecule has 74 valence electrons. The van der Waals surface area contributed by atoms with Gasteiger partial charge in [0.05, 0.1) is 0 Å². The van der Waals surface area contributed by atoms with Crippen molar-refractivity contribution in [3.63, 3.8) is 0 Å². The highest BCUT2D eigenvalue weighted by Crippen LogP contribution is 1.97. The quantitative estimate of drug-likeness (QED) is 0.611. The van der Waals surface area contributed by atoms with Crippen LogP contribution in [0.4, 0.5) is 0 Å². The van der Waals surface area contributed by atoms with Crippen LogP contribution in [-0.2, 0) is 0 Å². The summed E-state index contributed by atoms with van der Waals surface area (Å²) in [7, 11) is 0. The topological polar surface area (TPSA) is 15.3 Å². The van der Waals surface area contributed by atoms with Crippen LogP contribution in [0.5, 0.6) is 0 Å². The highest BCUT2D eigenvalue weighted by atomic mass is 15.5. The van der Waals surface area contributed by atoms with Gasteiger partial charge in [-0.25, -0.2) is 0 Å². The molecule has 0 radical (unpaired) electrons. The van der Waals surface area contributed by atoms with Crippen molar-refractivity contribution in [1.82, 2.24) is 10.3 Å². The Morgan fingerprint density at radius 1 is 1.08 bits per heavy atom. The van der Waals surface area contributed by atoms with Gasteiger partial charge in [0.1, 0.15) is 0 Å². The Balaban J connectivity index is 0. The summed E-state index contributed by atoms with van der Waals surface area (Å²) in [6, 6.07) is 0. The average Bonchev–Trinajstić information content (AvgIpc) is 2.64. The van der Waals surface area contributed by atoms with E-state index in [4.69, 9.17) is 0 Å². The highest BCUT2D eigenvalue weighted by molar-refractivity contribution is 6.52. The maximum Gasteiger partial charge on any atom is 0.234 e. The molecule has 0 unspecified atom stereocenters. The Kier molecular flexibility index (Phi) is 13.3. The van der Waals surface area contributed by atoms with Gasteiger partial charge in [0, 0.05) is 13.1 Å². The minimum absolute atomic E-state index is 0.664. The molecule has 0 aromatic carbocycles. The molecule has 2 nitrogen and oxygen atoms in total. The van der Waals surface area contributed by atoms with Gasteiger partial charge >= 0.3 is 0 Å². The molecule has 1 heterocycles. The first-order valence-electron chi connectivity index (χ1n) is 5.31. The van der Waals surface area contributed by atoms with Gasteiger partial charge in [0.2, 0.25) is 6.85 Å². The third-order valence-corrected chi connectivity index (χ3v) is 1.51. The summed E-state index contributed by atoms with van der Waals surface area (Å²) in [5, 5.41) is 0. The third-order valence-electron chi connectivity index (χ3n) is 1.51. The summed E-state index contributed by atoms with van der Waals surface area (Å²) in [6.07, 6.45) is 1.30. The van der Waals surface area contributed by atoms with Gasteiger partial charge in [0.25, 0.3) is 0 Å². The summed E-state index contributed by atoms with van der Waals surface area (Å²) in [5.41, 5.74) is 3.29. The number of rotatable bonds is 1. The second-order valence-corrected chi connectivity index (χ2v) is 2.55. The molecule has 0 amide bonds. The maximum absolute atomic E-state index is 3.29. The van der Waals surface area contributed by atoms with Crippen LogP contribution in [0, 0.1) is 0 Å². The van der Waals surface area contributed by atoms with Crippen molar-refractivity contribution >= 4 is 6.85 Å². The second kappa shape index (κ2) is 11.0. The van der Waals surface area contributed by atoms with Crippen LogP contribution in [0.25, 0.3) is 0 Å². The molecule has 3 heteroatoms. The van der Waals surface area contributed by atoms with E-state index in [9.17, 15) is 0 Å². The van der Waals surface area contributed by atoms with Gasteiger partial charge in [-0.15, -0.1) is 0 Å². The van der Waals surface area contributed by atoms with E-state index >= 15 is 0 Å². The second-order valence-electron chi connectivity index (χ2n) is 2.55. The molecule has 1 N–H and O–H groups in total. The first kappa shape index (κ1) is 14.5. The lowest BCUT2D eigenvalue weighted by Crippen LogP contribution is -2.39. The van der Waals surface area contributed by atoms with Crippen molar-refractivity contribution in [2.24, 2.45) is 0 Å². The van der Waals surface area contributed by atoms with Gasteiger partial charge in [-0.2, -0.15) is 0 Å². The SMILES string of the molecule is CB(C)N1CCCN1.CC.CC. The maximum atomic E-state index is 3.29. The molecule has 0 aliphatic carbocycles. The largest absolute Gasteiger partial charge is 0.284 e. The lowest BCUT2D eigenvalue weighted by atomic mass is 9.68. The van der Waals surface area contributed by atoms with Gasteiger partial charge in [-0.3, -0.25) is 10.3 Å². The van der Waals surface area contributed by atoms with Crippen LogP contribution in [0.15, 0.2) is 0 Å². The van der Waals surface area contributed by atoms with E-state index in [2.05, 4.69) is 24.0 Å². The van der Waals surface area contributed by atoms with E-state index in [0.717, 1.165) is 6.54 Å². The Labute approximate surface area is 78.8 Å². The van der Waals surface area contributed by atoms with Crippen molar-refractivity contribution in [1.29, 1.82) is 0 Å². The number of hydrogen-bond acceptors (Lipinski definition) is 2. The zero-order valence-corrected chi connectivity index (χ0v) is 9.65. The fourth-order valence-corrected chi connectivity index (χ4v) is 0.992. The van der Waals surface area contributed by atoms with Gasteiger partial charge in [-0.1, -0.05) is 41.3 Å².